The van der Waals surface area contributed by atoms with Crippen molar-refractivity contribution >= 4 is 10.1 Å². The Labute approximate surface area is 79.6 Å². The van der Waals surface area contributed by atoms with Gasteiger partial charge in [0.15, 0.2) is 0 Å². The summed E-state index contributed by atoms with van der Waals surface area (Å²) < 4.78 is 26.6. The van der Waals surface area contributed by atoms with Crippen LogP contribution in [0.4, 0.5) is 0 Å². The molecule has 0 aromatic carbocycles. The van der Waals surface area contributed by atoms with Crippen molar-refractivity contribution < 1.29 is 12.6 Å². The van der Waals surface area contributed by atoms with E-state index in [0.717, 1.165) is 25.0 Å². The number of rotatable bonds is 3. The lowest BCUT2D eigenvalue weighted by molar-refractivity contribution is 0.158. The lowest BCUT2D eigenvalue weighted by Crippen LogP contribution is -2.23. The Balaban J connectivity index is 1.95. The summed E-state index contributed by atoms with van der Waals surface area (Å²) in [6.07, 6.45) is 7.17. The van der Waals surface area contributed by atoms with Crippen molar-refractivity contribution in [2.24, 2.45) is 11.3 Å². The van der Waals surface area contributed by atoms with E-state index in [-0.39, 0.29) is 5.41 Å². The van der Waals surface area contributed by atoms with E-state index in [2.05, 4.69) is 0 Å². The Kier molecular flexibility index (Phi) is 2.15. The van der Waals surface area contributed by atoms with E-state index in [1.165, 1.54) is 19.3 Å². The van der Waals surface area contributed by atoms with E-state index >= 15 is 0 Å². The molecule has 0 aromatic rings. The van der Waals surface area contributed by atoms with E-state index < -0.39 is 10.1 Å². The third-order valence-electron chi connectivity index (χ3n) is 3.47. The second-order valence-corrected chi connectivity index (χ2v) is 6.26. The molecule has 0 heterocycles. The topological polar surface area (TPSA) is 43.4 Å². The highest BCUT2D eigenvalue weighted by atomic mass is 32.2. The summed E-state index contributed by atoms with van der Waals surface area (Å²) in [6.45, 7) is 0.419. The van der Waals surface area contributed by atoms with Crippen LogP contribution in [-0.4, -0.2) is 21.3 Å². The van der Waals surface area contributed by atoms with Crippen molar-refractivity contribution in [3.63, 3.8) is 0 Å². The Bertz CT molecular complexity index is 286. The fourth-order valence-corrected chi connectivity index (χ4v) is 3.21. The maximum Gasteiger partial charge on any atom is 0.264 e. The van der Waals surface area contributed by atoms with Crippen LogP contribution < -0.4 is 0 Å². The maximum absolute atomic E-state index is 10.8. The third-order valence-corrected chi connectivity index (χ3v) is 4.01. The quantitative estimate of drug-likeness (QED) is 0.655. The van der Waals surface area contributed by atoms with Crippen LogP contribution in [-0.2, 0) is 14.3 Å². The molecule has 0 radical (unpaired) electrons. The molecule has 2 aliphatic rings. The predicted molar refractivity (Wildman–Crippen MR) is 49.8 cm³/mol. The van der Waals surface area contributed by atoms with Crippen molar-refractivity contribution in [3.05, 3.63) is 0 Å². The lowest BCUT2D eigenvalue weighted by Gasteiger charge is -2.24. The zero-order valence-corrected chi connectivity index (χ0v) is 8.77. The van der Waals surface area contributed by atoms with E-state index in [9.17, 15) is 8.42 Å². The molecule has 3 nitrogen and oxygen atoms in total. The summed E-state index contributed by atoms with van der Waals surface area (Å²) in [4.78, 5) is 0. The molecule has 0 aromatic heterocycles. The highest BCUT2D eigenvalue weighted by Crippen LogP contribution is 2.54. The molecule has 0 saturated heterocycles. The van der Waals surface area contributed by atoms with Crippen LogP contribution in [0.1, 0.15) is 32.1 Å². The van der Waals surface area contributed by atoms with Gasteiger partial charge in [0.2, 0.25) is 0 Å². The first-order valence-electron chi connectivity index (χ1n) is 4.84. The first-order chi connectivity index (χ1) is 5.99. The first kappa shape index (κ1) is 9.46. The molecule has 4 heteroatoms. The van der Waals surface area contributed by atoms with Gasteiger partial charge in [0, 0.05) is 0 Å². The van der Waals surface area contributed by atoms with E-state index in [0.29, 0.717) is 6.61 Å². The molecular weight excluding hydrogens is 188 g/mol. The zero-order chi connectivity index (χ0) is 9.53. The average Bonchev–Trinajstić information content (AvgIpc) is 2.59. The zero-order valence-electron chi connectivity index (χ0n) is 7.95. The van der Waals surface area contributed by atoms with Crippen molar-refractivity contribution in [1.82, 2.24) is 0 Å². The summed E-state index contributed by atoms with van der Waals surface area (Å²) in [5, 5.41) is 0. The Hall–Kier alpha value is -0.0900. The van der Waals surface area contributed by atoms with Crippen molar-refractivity contribution in [3.8, 4) is 0 Å². The van der Waals surface area contributed by atoms with Crippen LogP contribution in [0.5, 0.6) is 0 Å². The second-order valence-electron chi connectivity index (χ2n) is 4.61. The van der Waals surface area contributed by atoms with Crippen LogP contribution in [0, 0.1) is 11.3 Å². The molecule has 0 spiro atoms. The molecular formula is C9H16O3S. The van der Waals surface area contributed by atoms with Crippen LogP contribution in [0.25, 0.3) is 0 Å². The Morgan fingerprint density at radius 1 is 1.38 bits per heavy atom. The van der Waals surface area contributed by atoms with Gasteiger partial charge in [-0.05, 0) is 43.4 Å². The summed E-state index contributed by atoms with van der Waals surface area (Å²) in [5.74, 6) is 0.850. The van der Waals surface area contributed by atoms with E-state index in [4.69, 9.17) is 4.18 Å². The molecule has 2 aliphatic carbocycles. The van der Waals surface area contributed by atoms with Crippen LogP contribution in [0.2, 0.25) is 0 Å². The molecule has 0 atom stereocenters. The van der Waals surface area contributed by atoms with Gasteiger partial charge in [0.1, 0.15) is 0 Å². The Morgan fingerprint density at radius 3 is 2.38 bits per heavy atom. The number of hydrogen-bond donors (Lipinski definition) is 0. The largest absolute Gasteiger partial charge is 0.270 e. The number of hydrogen-bond acceptors (Lipinski definition) is 3. The normalized spacial score (nSPS) is 38.4. The minimum atomic E-state index is -3.24. The molecule has 0 N–H and O–H groups in total. The molecule has 13 heavy (non-hydrogen) atoms. The van der Waals surface area contributed by atoms with Gasteiger partial charge in [-0.2, -0.15) is 8.42 Å². The SMILES string of the molecule is CS(=O)(=O)OCC12CCC(CC1)C2. The van der Waals surface area contributed by atoms with Gasteiger partial charge < -0.3 is 0 Å². The van der Waals surface area contributed by atoms with Crippen molar-refractivity contribution in [2.75, 3.05) is 12.9 Å². The van der Waals surface area contributed by atoms with Gasteiger partial charge in [-0.15, -0.1) is 0 Å². The molecule has 2 fully saturated rings. The summed E-state index contributed by atoms with van der Waals surface area (Å²) in [7, 11) is -3.24. The van der Waals surface area contributed by atoms with Gasteiger partial charge >= 0.3 is 0 Å². The standard InChI is InChI=1S/C9H16O3S/c1-13(10,11)12-7-9-4-2-8(6-9)3-5-9/h8H,2-7H2,1H3. The maximum atomic E-state index is 10.8. The van der Waals surface area contributed by atoms with Crippen molar-refractivity contribution in [1.29, 1.82) is 0 Å². The average molecular weight is 204 g/mol. The first-order valence-corrected chi connectivity index (χ1v) is 6.65. The summed E-state index contributed by atoms with van der Waals surface area (Å²) >= 11 is 0. The molecule has 2 rings (SSSR count). The van der Waals surface area contributed by atoms with Gasteiger partial charge in [0.25, 0.3) is 10.1 Å². The van der Waals surface area contributed by atoms with Crippen LogP contribution >= 0.6 is 0 Å². The molecule has 76 valence electrons. The Morgan fingerprint density at radius 2 is 2.00 bits per heavy atom. The highest BCUT2D eigenvalue weighted by molar-refractivity contribution is 7.85. The third kappa shape index (κ3) is 2.05. The van der Waals surface area contributed by atoms with E-state index in [1.807, 2.05) is 0 Å². The fraction of sp³-hybridized carbons (Fsp3) is 1.00. The van der Waals surface area contributed by atoms with Crippen molar-refractivity contribution in [2.45, 2.75) is 32.1 Å². The smallest absolute Gasteiger partial charge is 0.264 e. The van der Waals surface area contributed by atoms with Gasteiger partial charge in [-0.1, -0.05) is 0 Å². The lowest BCUT2D eigenvalue weighted by atomic mass is 9.85. The fourth-order valence-electron chi connectivity index (χ4n) is 2.75. The minimum Gasteiger partial charge on any atom is -0.270 e. The highest BCUT2D eigenvalue weighted by Gasteiger charge is 2.45. The molecule has 0 aliphatic heterocycles. The second kappa shape index (κ2) is 2.95. The monoisotopic (exact) mass is 204 g/mol. The number of fused-ring (bicyclic) bond motifs is 2. The van der Waals surface area contributed by atoms with Gasteiger partial charge in [-0.25, -0.2) is 0 Å². The summed E-state index contributed by atoms with van der Waals surface area (Å²) in [5.41, 5.74) is 0.216. The van der Waals surface area contributed by atoms with Crippen LogP contribution in [0.15, 0.2) is 0 Å². The summed E-state index contributed by atoms with van der Waals surface area (Å²) in [6, 6.07) is 0. The predicted octanol–water partition coefficient (Wildman–Crippen LogP) is 1.54. The van der Waals surface area contributed by atoms with Gasteiger partial charge in [0.05, 0.1) is 12.9 Å². The molecule has 2 saturated carbocycles. The molecule has 0 unspecified atom stereocenters. The van der Waals surface area contributed by atoms with Gasteiger partial charge in [-0.3, -0.25) is 4.18 Å². The van der Waals surface area contributed by atoms with E-state index in [1.54, 1.807) is 0 Å². The molecule has 2 bridgehead atoms. The molecule has 0 amide bonds. The minimum absolute atomic E-state index is 0.216. The van der Waals surface area contributed by atoms with Crippen LogP contribution in [0.3, 0.4) is 0 Å².